The normalized spacial score (nSPS) is 19.7. The number of hydrogen-bond donors (Lipinski definition) is 0. The molecule has 0 spiro atoms. The van der Waals surface area contributed by atoms with Crippen LogP contribution in [0.15, 0.2) is 54.6 Å². The molecule has 0 aliphatic carbocycles. The zero-order valence-electron chi connectivity index (χ0n) is 19.0. The summed E-state index contributed by atoms with van der Waals surface area (Å²) in [5, 5.41) is 11.5. The standard InChI is InChI=1S/C25H16ClN3O8/c1-35-18-7-4-13(10-17(18)26)27-21(12-2-6-19-20(8-12)37-11-36-19)22(25(27)32)28-23(30)15-5-3-14(29(33)34)9-16(15)24(28)31/h2-10,21-22H,11H2,1H3/t21-,22-/m1/s1. The first-order valence-corrected chi connectivity index (χ1v) is 11.4. The Kier molecular flexibility index (Phi) is 5.06. The van der Waals surface area contributed by atoms with E-state index in [-0.39, 0.29) is 28.6 Å². The second-order valence-electron chi connectivity index (χ2n) is 8.50. The van der Waals surface area contributed by atoms with E-state index in [1.165, 1.54) is 18.1 Å². The molecule has 1 fully saturated rings. The molecule has 3 aliphatic heterocycles. The van der Waals surface area contributed by atoms with Gasteiger partial charge in [-0.05, 0) is 42.0 Å². The number of non-ortho nitro benzene ring substituents is 1. The summed E-state index contributed by atoms with van der Waals surface area (Å²) in [5.41, 5.74) is 0.565. The summed E-state index contributed by atoms with van der Waals surface area (Å²) in [6, 6.07) is 11.3. The number of β-lactam (4-membered cyclic amide) rings is 1. The maximum absolute atomic E-state index is 13.6. The third-order valence-electron chi connectivity index (χ3n) is 6.61. The van der Waals surface area contributed by atoms with Crippen LogP contribution in [-0.4, -0.2) is 47.5 Å². The molecule has 0 N–H and O–H groups in total. The van der Waals surface area contributed by atoms with Crippen molar-refractivity contribution in [1.82, 2.24) is 4.90 Å². The minimum Gasteiger partial charge on any atom is -0.495 e. The van der Waals surface area contributed by atoms with Crippen LogP contribution in [0.2, 0.25) is 5.02 Å². The van der Waals surface area contributed by atoms with Crippen LogP contribution in [-0.2, 0) is 4.79 Å². The van der Waals surface area contributed by atoms with Crippen molar-refractivity contribution >= 4 is 40.7 Å². The Labute approximate surface area is 213 Å². The molecule has 3 amide bonds. The average Bonchev–Trinajstić information content (AvgIpc) is 3.45. The lowest BCUT2D eigenvalue weighted by atomic mass is 9.86. The van der Waals surface area contributed by atoms with Crippen LogP contribution in [0.3, 0.4) is 0 Å². The first kappa shape index (κ1) is 22.8. The molecule has 3 heterocycles. The van der Waals surface area contributed by atoms with Gasteiger partial charge in [0, 0.05) is 17.8 Å². The summed E-state index contributed by atoms with van der Waals surface area (Å²) in [7, 11) is 1.47. The Morgan fingerprint density at radius 1 is 0.919 bits per heavy atom. The lowest BCUT2D eigenvalue weighted by Gasteiger charge is -2.49. The monoisotopic (exact) mass is 521 g/mol. The number of benzene rings is 3. The fourth-order valence-electron chi connectivity index (χ4n) is 4.86. The second kappa shape index (κ2) is 8.20. The van der Waals surface area contributed by atoms with Crippen LogP contribution >= 0.6 is 11.6 Å². The van der Waals surface area contributed by atoms with Crippen molar-refractivity contribution in [3.63, 3.8) is 0 Å². The highest BCUT2D eigenvalue weighted by atomic mass is 35.5. The van der Waals surface area contributed by atoms with Crippen LogP contribution in [0, 0.1) is 10.1 Å². The molecule has 0 radical (unpaired) electrons. The van der Waals surface area contributed by atoms with Crippen molar-refractivity contribution in [1.29, 1.82) is 0 Å². The number of nitro groups is 1. The van der Waals surface area contributed by atoms with Gasteiger partial charge in [-0.15, -0.1) is 0 Å². The third kappa shape index (κ3) is 3.31. The minimum atomic E-state index is -1.20. The second-order valence-corrected chi connectivity index (χ2v) is 8.90. The first-order valence-electron chi connectivity index (χ1n) is 11.0. The third-order valence-corrected chi connectivity index (χ3v) is 6.91. The highest BCUT2D eigenvalue weighted by molar-refractivity contribution is 6.32. The van der Waals surface area contributed by atoms with Crippen LogP contribution in [0.5, 0.6) is 17.2 Å². The highest BCUT2D eigenvalue weighted by Crippen LogP contribution is 2.47. The predicted molar refractivity (Wildman–Crippen MR) is 128 cm³/mol. The zero-order chi connectivity index (χ0) is 26.0. The van der Waals surface area contributed by atoms with Crippen LogP contribution < -0.4 is 19.1 Å². The maximum atomic E-state index is 13.6. The van der Waals surface area contributed by atoms with Gasteiger partial charge in [-0.25, -0.2) is 0 Å². The smallest absolute Gasteiger partial charge is 0.270 e. The van der Waals surface area contributed by atoms with E-state index in [9.17, 15) is 24.5 Å². The van der Waals surface area contributed by atoms with Gasteiger partial charge in [0.15, 0.2) is 11.5 Å². The van der Waals surface area contributed by atoms with Crippen molar-refractivity contribution in [3.05, 3.63) is 86.4 Å². The quantitative estimate of drug-likeness (QED) is 0.215. The number of amides is 3. The van der Waals surface area contributed by atoms with E-state index in [0.717, 1.165) is 17.0 Å². The molecular weight excluding hydrogens is 506 g/mol. The molecule has 0 aromatic heterocycles. The summed E-state index contributed by atoms with van der Waals surface area (Å²) in [6.45, 7) is 0.0425. The molecule has 2 atom stereocenters. The van der Waals surface area contributed by atoms with Crippen LogP contribution in [0.4, 0.5) is 11.4 Å². The van der Waals surface area contributed by atoms with Gasteiger partial charge in [-0.1, -0.05) is 17.7 Å². The Balaban J connectivity index is 1.44. The lowest BCUT2D eigenvalue weighted by molar-refractivity contribution is -0.384. The number of rotatable bonds is 5. The topological polar surface area (TPSA) is 129 Å². The molecule has 12 heteroatoms. The van der Waals surface area contributed by atoms with E-state index in [4.69, 9.17) is 25.8 Å². The average molecular weight is 522 g/mol. The van der Waals surface area contributed by atoms with E-state index in [1.54, 1.807) is 36.4 Å². The van der Waals surface area contributed by atoms with Gasteiger partial charge in [0.2, 0.25) is 6.79 Å². The molecule has 6 rings (SSSR count). The SMILES string of the molecule is COc1ccc(N2C(=O)[C@H](N3C(=O)c4ccc([N+](=O)[O-])cc4C3=O)[C@H]2c2ccc3c(c2)OCO3)cc1Cl. The summed E-state index contributed by atoms with van der Waals surface area (Å²) < 4.78 is 16.1. The highest BCUT2D eigenvalue weighted by Gasteiger charge is 2.57. The van der Waals surface area contributed by atoms with E-state index in [2.05, 4.69) is 0 Å². The fourth-order valence-corrected chi connectivity index (χ4v) is 5.11. The number of methoxy groups -OCH3 is 1. The molecule has 3 aromatic rings. The zero-order valence-corrected chi connectivity index (χ0v) is 19.8. The van der Waals surface area contributed by atoms with Gasteiger partial charge < -0.3 is 19.1 Å². The van der Waals surface area contributed by atoms with E-state index >= 15 is 0 Å². The van der Waals surface area contributed by atoms with Gasteiger partial charge >= 0.3 is 0 Å². The summed E-state index contributed by atoms with van der Waals surface area (Å²) in [5.74, 6) is -0.602. The molecule has 37 heavy (non-hydrogen) atoms. The molecule has 186 valence electrons. The largest absolute Gasteiger partial charge is 0.495 e. The maximum Gasteiger partial charge on any atom is 0.270 e. The molecule has 0 bridgehead atoms. The number of anilines is 1. The van der Waals surface area contributed by atoms with E-state index < -0.39 is 34.7 Å². The molecule has 11 nitrogen and oxygen atoms in total. The summed E-state index contributed by atoms with van der Waals surface area (Å²) in [4.78, 5) is 53.1. The Bertz CT molecular complexity index is 1540. The number of nitro benzene ring substituents is 1. The Hall–Kier alpha value is -4.64. The number of carbonyl (C=O) groups excluding carboxylic acids is 3. The van der Waals surface area contributed by atoms with Gasteiger partial charge in [0.1, 0.15) is 11.8 Å². The number of nitrogens with zero attached hydrogens (tertiary/aromatic N) is 3. The molecular formula is C25H16ClN3O8. The van der Waals surface area contributed by atoms with Gasteiger partial charge in [-0.2, -0.15) is 0 Å². The number of ether oxygens (including phenoxy) is 3. The molecule has 1 saturated heterocycles. The molecule has 3 aliphatic rings. The van der Waals surface area contributed by atoms with E-state index in [1.807, 2.05) is 0 Å². The molecule has 3 aromatic carbocycles. The van der Waals surface area contributed by atoms with E-state index in [0.29, 0.717) is 28.5 Å². The lowest BCUT2D eigenvalue weighted by Crippen LogP contribution is -2.67. The number of hydrogen-bond acceptors (Lipinski definition) is 8. The summed E-state index contributed by atoms with van der Waals surface area (Å²) >= 11 is 6.31. The number of carbonyl (C=O) groups is 3. The van der Waals surface area contributed by atoms with Gasteiger partial charge in [0.25, 0.3) is 23.4 Å². The fraction of sp³-hybridized carbons (Fsp3) is 0.160. The molecule has 0 saturated carbocycles. The summed E-state index contributed by atoms with van der Waals surface area (Å²) in [6.07, 6.45) is 0. The predicted octanol–water partition coefficient (Wildman–Crippen LogP) is 3.74. The number of imide groups is 1. The Morgan fingerprint density at radius 3 is 2.41 bits per heavy atom. The minimum absolute atomic E-state index is 0.00113. The van der Waals surface area contributed by atoms with Gasteiger partial charge in [-0.3, -0.25) is 29.4 Å². The first-order chi connectivity index (χ1) is 17.8. The van der Waals surface area contributed by atoms with Crippen molar-refractivity contribution in [3.8, 4) is 17.2 Å². The van der Waals surface area contributed by atoms with Crippen molar-refractivity contribution < 1.29 is 33.5 Å². The van der Waals surface area contributed by atoms with Crippen molar-refractivity contribution in [2.45, 2.75) is 12.1 Å². The van der Waals surface area contributed by atoms with Gasteiger partial charge in [0.05, 0.1) is 34.2 Å². The Morgan fingerprint density at radius 2 is 1.68 bits per heavy atom. The van der Waals surface area contributed by atoms with Crippen molar-refractivity contribution in [2.24, 2.45) is 0 Å². The van der Waals surface area contributed by atoms with Crippen molar-refractivity contribution in [2.75, 3.05) is 18.8 Å². The molecule has 0 unspecified atom stereocenters. The van der Waals surface area contributed by atoms with Crippen LogP contribution in [0.1, 0.15) is 32.3 Å². The number of halogens is 1. The van der Waals surface area contributed by atoms with Crippen LogP contribution in [0.25, 0.3) is 0 Å². The number of fused-ring (bicyclic) bond motifs is 2.